The summed E-state index contributed by atoms with van der Waals surface area (Å²) in [4.78, 5) is 12.9. The van der Waals surface area contributed by atoms with Crippen molar-refractivity contribution < 1.29 is 23.0 Å². The Balaban J connectivity index is 1.69. The highest BCUT2D eigenvalue weighted by molar-refractivity contribution is 6.12. The van der Waals surface area contributed by atoms with E-state index in [1.54, 1.807) is 36.4 Å². The number of anilines is 2. The molecule has 0 saturated heterocycles. The highest BCUT2D eigenvalue weighted by atomic mass is 19.1. The van der Waals surface area contributed by atoms with E-state index in [2.05, 4.69) is 5.32 Å². The molecule has 0 saturated carbocycles. The number of fused-ring (bicyclic) bond motifs is 2. The summed E-state index contributed by atoms with van der Waals surface area (Å²) in [6.07, 6.45) is 0. The zero-order valence-electron chi connectivity index (χ0n) is 14.4. The second-order valence-electron chi connectivity index (χ2n) is 6.06. The van der Waals surface area contributed by atoms with Crippen LogP contribution in [0.1, 0.15) is 21.5 Å². The topological polar surface area (TPSA) is 47.6 Å². The molecule has 0 bridgehead atoms. The molecule has 1 aliphatic heterocycles. The second kappa shape index (κ2) is 6.72. The first-order valence-electron chi connectivity index (χ1n) is 8.26. The Morgan fingerprint density at radius 2 is 1.89 bits per heavy atom. The average Bonchev–Trinajstić information content (AvgIpc) is 2.81. The van der Waals surface area contributed by atoms with E-state index in [1.807, 2.05) is 0 Å². The van der Waals surface area contributed by atoms with Crippen LogP contribution in [0.25, 0.3) is 0 Å². The zero-order valence-corrected chi connectivity index (χ0v) is 14.4. The molecule has 0 aliphatic carbocycles. The van der Waals surface area contributed by atoms with Crippen molar-refractivity contribution in [3.05, 3.63) is 82.9 Å². The Hall–Kier alpha value is -3.41. The average molecular weight is 367 g/mol. The van der Waals surface area contributed by atoms with Crippen molar-refractivity contribution in [3.63, 3.8) is 0 Å². The lowest BCUT2D eigenvalue weighted by Gasteiger charge is -2.12. The monoisotopic (exact) mass is 367 g/mol. The van der Waals surface area contributed by atoms with Crippen LogP contribution in [0.3, 0.4) is 0 Å². The number of ether oxygens (including phenoxy) is 2. The largest absolute Gasteiger partial charge is 0.496 e. The number of carbonyl (C=O) groups excluding carboxylic acids is 1. The van der Waals surface area contributed by atoms with Crippen molar-refractivity contribution in [3.8, 4) is 11.5 Å². The third kappa shape index (κ3) is 3.10. The molecule has 4 rings (SSSR count). The first kappa shape index (κ1) is 17.0. The summed E-state index contributed by atoms with van der Waals surface area (Å²) in [6.45, 7) is 0.173. The molecule has 0 spiro atoms. The van der Waals surface area contributed by atoms with Crippen LogP contribution in [0.4, 0.5) is 20.2 Å². The molecule has 3 aromatic carbocycles. The molecule has 1 N–H and O–H groups in total. The van der Waals surface area contributed by atoms with Crippen LogP contribution in [0.2, 0.25) is 0 Å². The molecule has 27 heavy (non-hydrogen) atoms. The van der Waals surface area contributed by atoms with Gasteiger partial charge >= 0.3 is 0 Å². The molecular weight excluding hydrogens is 352 g/mol. The molecule has 6 heteroatoms. The van der Waals surface area contributed by atoms with Gasteiger partial charge in [0.2, 0.25) is 0 Å². The van der Waals surface area contributed by atoms with E-state index in [-0.39, 0.29) is 18.1 Å². The molecule has 0 aromatic heterocycles. The number of hydrogen-bond donors (Lipinski definition) is 1. The van der Waals surface area contributed by atoms with Gasteiger partial charge in [0.25, 0.3) is 0 Å². The molecule has 3 aromatic rings. The maximum Gasteiger partial charge on any atom is 0.197 e. The summed E-state index contributed by atoms with van der Waals surface area (Å²) in [7, 11) is 1.54. The zero-order chi connectivity index (χ0) is 19.0. The Kier molecular flexibility index (Phi) is 4.24. The lowest BCUT2D eigenvalue weighted by atomic mass is 9.98. The minimum absolute atomic E-state index is 0.126. The molecular formula is C21H15F2NO3. The van der Waals surface area contributed by atoms with Crippen molar-refractivity contribution in [2.24, 2.45) is 0 Å². The summed E-state index contributed by atoms with van der Waals surface area (Å²) in [6, 6.07) is 13.4. The van der Waals surface area contributed by atoms with E-state index >= 15 is 0 Å². The summed E-state index contributed by atoms with van der Waals surface area (Å²) in [5.74, 6) is -0.568. The predicted molar refractivity (Wildman–Crippen MR) is 96.8 cm³/mol. The number of methoxy groups -OCH3 is 1. The molecule has 0 radical (unpaired) electrons. The summed E-state index contributed by atoms with van der Waals surface area (Å²) < 4.78 is 38.1. The van der Waals surface area contributed by atoms with Gasteiger partial charge in [-0.2, -0.15) is 0 Å². The quantitative estimate of drug-likeness (QED) is 0.720. The lowest BCUT2D eigenvalue weighted by Crippen LogP contribution is -2.04. The first-order valence-corrected chi connectivity index (χ1v) is 8.26. The third-order valence-corrected chi connectivity index (χ3v) is 4.41. The number of halogens is 2. The summed E-state index contributed by atoms with van der Waals surface area (Å²) in [5.41, 5.74) is 2.26. The van der Waals surface area contributed by atoms with Crippen LogP contribution in [-0.4, -0.2) is 12.9 Å². The van der Waals surface area contributed by atoms with Gasteiger partial charge in [0.05, 0.1) is 18.4 Å². The highest BCUT2D eigenvalue weighted by Crippen LogP contribution is 2.35. The molecule has 1 aliphatic rings. The number of ketones is 1. The number of hydrogen-bond acceptors (Lipinski definition) is 4. The third-order valence-electron chi connectivity index (χ3n) is 4.41. The van der Waals surface area contributed by atoms with Gasteiger partial charge in [-0.25, -0.2) is 8.78 Å². The number of nitrogens with one attached hydrogen (secondary N) is 1. The van der Waals surface area contributed by atoms with E-state index in [9.17, 15) is 13.6 Å². The van der Waals surface area contributed by atoms with Gasteiger partial charge in [-0.15, -0.1) is 0 Å². The molecule has 136 valence electrons. The summed E-state index contributed by atoms with van der Waals surface area (Å²) >= 11 is 0. The highest BCUT2D eigenvalue weighted by Gasteiger charge is 2.24. The Morgan fingerprint density at radius 3 is 2.67 bits per heavy atom. The molecule has 0 amide bonds. The van der Waals surface area contributed by atoms with E-state index in [0.29, 0.717) is 33.9 Å². The van der Waals surface area contributed by atoms with Gasteiger partial charge in [0.1, 0.15) is 29.7 Å². The van der Waals surface area contributed by atoms with E-state index in [4.69, 9.17) is 9.47 Å². The standard InChI is InChI=1S/C21H15F2NO3/c1-26-19-4-2-3-14-16(19)11-27-20-10-13(6-7-15(20)21(14)25)24-18-8-5-12(22)9-17(18)23/h2-10,24H,11H2,1H3. The Labute approximate surface area is 154 Å². The van der Waals surface area contributed by atoms with Crippen LogP contribution >= 0.6 is 0 Å². The molecule has 1 heterocycles. The van der Waals surface area contributed by atoms with Crippen molar-refractivity contribution in [2.75, 3.05) is 12.4 Å². The van der Waals surface area contributed by atoms with Crippen LogP contribution in [0.15, 0.2) is 54.6 Å². The SMILES string of the molecule is COc1cccc2c1COc1cc(Nc3ccc(F)cc3F)ccc1C2=O. The smallest absolute Gasteiger partial charge is 0.197 e. The van der Waals surface area contributed by atoms with Crippen LogP contribution in [0.5, 0.6) is 11.5 Å². The van der Waals surface area contributed by atoms with Gasteiger partial charge < -0.3 is 14.8 Å². The van der Waals surface area contributed by atoms with Crippen LogP contribution in [0, 0.1) is 11.6 Å². The summed E-state index contributed by atoms with van der Waals surface area (Å²) in [5, 5.41) is 2.87. The molecule has 0 unspecified atom stereocenters. The fourth-order valence-electron chi connectivity index (χ4n) is 3.07. The maximum absolute atomic E-state index is 13.9. The fourth-order valence-corrected chi connectivity index (χ4v) is 3.07. The normalized spacial score (nSPS) is 12.5. The minimum atomic E-state index is -0.709. The number of benzene rings is 3. The van der Waals surface area contributed by atoms with Gasteiger partial charge in [-0.1, -0.05) is 12.1 Å². The molecule has 0 atom stereocenters. The minimum Gasteiger partial charge on any atom is -0.496 e. The lowest BCUT2D eigenvalue weighted by molar-refractivity contribution is 0.103. The van der Waals surface area contributed by atoms with Gasteiger partial charge in [-0.05, 0) is 30.3 Å². The van der Waals surface area contributed by atoms with Crippen molar-refractivity contribution in [1.29, 1.82) is 0 Å². The van der Waals surface area contributed by atoms with E-state index < -0.39 is 11.6 Å². The van der Waals surface area contributed by atoms with Crippen molar-refractivity contribution in [1.82, 2.24) is 0 Å². The van der Waals surface area contributed by atoms with Crippen molar-refractivity contribution in [2.45, 2.75) is 6.61 Å². The van der Waals surface area contributed by atoms with Crippen molar-refractivity contribution >= 4 is 17.2 Å². The molecule has 0 fully saturated rings. The van der Waals surface area contributed by atoms with Crippen LogP contribution in [-0.2, 0) is 6.61 Å². The number of rotatable bonds is 3. The van der Waals surface area contributed by atoms with Gasteiger partial charge in [0, 0.05) is 28.9 Å². The van der Waals surface area contributed by atoms with E-state index in [0.717, 1.165) is 12.1 Å². The van der Waals surface area contributed by atoms with E-state index in [1.165, 1.54) is 13.2 Å². The predicted octanol–water partition coefficient (Wildman–Crippen LogP) is 4.84. The van der Waals surface area contributed by atoms with Gasteiger partial charge in [0.15, 0.2) is 5.78 Å². The van der Waals surface area contributed by atoms with Gasteiger partial charge in [-0.3, -0.25) is 4.79 Å². The fraction of sp³-hybridized carbons (Fsp3) is 0.0952. The second-order valence-corrected chi connectivity index (χ2v) is 6.06. The molecule has 4 nitrogen and oxygen atoms in total. The Bertz CT molecular complexity index is 1050. The van der Waals surface area contributed by atoms with Crippen LogP contribution < -0.4 is 14.8 Å². The first-order chi connectivity index (χ1) is 13.1. The number of carbonyl (C=O) groups is 1. The maximum atomic E-state index is 13.9. The Morgan fingerprint density at radius 1 is 1.04 bits per heavy atom.